The monoisotopic (exact) mass is 443 g/mol. The quantitative estimate of drug-likeness (QED) is 0.187. The van der Waals surface area contributed by atoms with Gasteiger partial charge in [-0.3, -0.25) is 4.99 Å². The minimum absolute atomic E-state index is 0. The largest absolute Gasteiger partial charge is 0.382 e. The summed E-state index contributed by atoms with van der Waals surface area (Å²) in [5.74, 6) is 0.919. The molecule has 2 N–H and O–H groups in total. The lowest BCUT2D eigenvalue weighted by Crippen LogP contribution is -2.42. The van der Waals surface area contributed by atoms with Gasteiger partial charge in [0.15, 0.2) is 5.96 Å². The molecule has 1 atom stereocenters. The van der Waals surface area contributed by atoms with E-state index in [4.69, 9.17) is 9.47 Å². The maximum atomic E-state index is 5.44. The molecule has 0 aliphatic rings. The molecule has 140 valence electrons. The van der Waals surface area contributed by atoms with Gasteiger partial charge in [-0.15, -0.1) is 24.0 Å². The molecule has 0 amide bonds. The molecule has 0 bridgehead atoms. The molecule has 0 radical (unpaired) electrons. The van der Waals surface area contributed by atoms with E-state index < -0.39 is 0 Å². The highest BCUT2D eigenvalue weighted by atomic mass is 127. The summed E-state index contributed by atoms with van der Waals surface area (Å²) in [6.07, 6.45) is 7.38. The molecular formula is C17H38IN3O2. The molecule has 5 nitrogen and oxygen atoms in total. The van der Waals surface area contributed by atoms with Crippen LogP contribution < -0.4 is 10.6 Å². The van der Waals surface area contributed by atoms with Gasteiger partial charge in [0.2, 0.25) is 0 Å². The molecular weight excluding hydrogens is 405 g/mol. The van der Waals surface area contributed by atoms with E-state index in [0.717, 1.165) is 32.1 Å². The average molecular weight is 443 g/mol. The molecule has 0 aliphatic heterocycles. The average Bonchev–Trinajstić information content (AvgIpc) is 2.51. The van der Waals surface area contributed by atoms with Crippen molar-refractivity contribution in [1.82, 2.24) is 10.6 Å². The van der Waals surface area contributed by atoms with Gasteiger partial charge in [0.25, 0.3) is 0 Å². The van der Waals surface area contributed by atoms with Crippen LogP contribution in [0.2, 0.25) is 0 Å². The predicted molar refractivity (Wildman–Crippen MR) is 110 cm³/mol. The Morgan fingerprint density at radius 3 is 2.48 bits per heavy atom. The Balaban J connectivity index is 0. The first-order chi connectivity index (χ1) is 10.7. The lowest BCUT2D eigenvalue weighted by atomic mass is 10.1. The van der Waals surface area contributed by atoms with Crippen LogP contribution in [0.1, 0.15) is 59.3 Å². The molecule has 0 saturated heterocycles. The first-order valence-electron chi connectivity index (χ1n) is 8.86. The van der Waals surface area contributed by atoms with Crippen molar-refractivity contribution in [2.24, 2.45) is 4.99 Å². The van der Waals surface area contributed by atoms with Crippen LogP contribution in [0.4, 0.5) is 0 Å². The van der Waals surface area contributed by atoms with E-state index in [9.17, 15) is 0 Å². The summed E-state index contributed by atoms with van der Waals surface area (Å²) in [7, 11) is 1.69. The smallest absolute Gasteiger partial charge is 0.191 e. The lowest BCUT2D eigenvalue weighted by Gasteiger charge is -2.17. The second-order valence-electron chi connectivity index (χ2n) is 5.61. The van der Waals surface area contributed by atoms with E-state index in [1.165, 1.54) is 32.1 Å². The van der Waals surface area contributed by atoms with Crippen molar-refractivity contribution < 1.29 is 9.47 Å². The Morgan fingerprint density at radius 2 is 1.83 bits per heavy atom. The molecule has 0 heterocycles. The molecule has 0 saturated carbocycles. The highest BCUT2D eigenvalue weighted by molar-refractivity contribution is 14.0. The standard InChI is InChI=1S/C17H37N3O2.HI/c1-5-7-8-9-11-16(3)20-17(18-6-2)19-12-10-13-22-15-14-21-4;/h16H,5-15H2,1-4H3,(H2,18,19,20);1H. The molecule has 0 fully saturated rings. The number of aliphatic imine (C=N–C) groups is 1. The third kappa shape index (κ3) is 18.1. The van der Waals surface area contributed by atoms with Crippen LogP contribution in [-0.2, 0) is 9.47 Å². The SMILES string of the molecule is CCCCCCC(C)NC(=NCCCOCCOC)NCC.I. The highest BCUT2D eigenvalue weighted by Gasteiger charge is 2.04. The summed E-state index contributed by atoms with van der Waals surface area (Å²) < 4.78 is 10.4. The van der Waals surface area contributed by atoms with Crippen molar-refractivity contribution in [3.05, 3.63) is 0 Å². The van der Waals surface area contributed by atoms with Gasteiger partial charge in [-0.25, -0.2) is 0 Å². The first kappa shape index (κ1) is 25.2. The Kier molecular flexibility index (Phi) is 21.8. The van der Waals surface area contributed by atoms with Gasteiger partial charge in [-0.2, -0.15) is 0 Å². The van der Waals surface area contributed by atoms with Gasteiger partial charge in [0.05, 0.1) is 13.2 Å². The van der Waals surface area contributed by atoms with E-state index in [1.54, 1.807) is 7.11 Å². The summed E-state index contributed by atoms with van der Waals surface area (Å²) in [4.78, 5) is 4.60. The van der Waals surface area contributed by atoms with E-state index in [1.807, 2.05) is 0 Å². The number of hydrogen-bond donors (Lipinski definition) is 2. The van der Waals surface area contributed by atoms with E-state index in [2.05, 4.69) is 36.4 Å². The fraction of sp³-hybridized carbons (Fsp3) is 0.941. The third-order valence-electron chi connectivity index (χ3n) is 3.37. The fourth-order valence-electron chi connectivity index (χ4n) is 2.10. The minimum Gasteiger partial charge on any atom is -0.382 e. The number of guanidine groups is 1. The summed E-state index contributed by atoms with van der Waals surface area (Å²) in [6.45, 7) is 10.3. The van der Waals surface area contributed by atoms with Gasteiger partial charge in [-0.05, 0) is 26.7 Å². The third-order valence-corrected chi connectivity index (χ3v) is 3.37. The van der Waals surface area contributed by atoms with Crippen LogP contribution >= 0.6 is 24.0 Å². The molecule has 0 aromatic heterocycles. The van der Waals surface area contributed by atoms with Crippen molar-refractivity contribution in [2.75, 3.05) is 40.0 Å². The van der Waals surface area contributed by atoms with Gasteiger partial charge in [-0.1, -0.05) is 32.6 Å². The second-order valence-corrected chi connectivity index (χ2v) is 5.61. The zero-order valence-electron chi connectivity index (χ0n) is 15.5. The Hall–Kier alpha value is -0.0800. The zero-order valence-corrected chi connectivity index (χ0v) is 17.9. The number of ether oxygens (including phenoxy) is 2. The molecule has 1 unspecified atom stereocenters. The number of unbranched alkanes of at least 4 members (excludes halogenated alkanes) is 3. The predicted octanol–water partition coefficient (Wildman–Crippen LogP) is 3.57. The maximum absolute atomic E-state index is 5.44. The van der Waals surface area contributed by atoms with E-state index in [-0.39, 0.29) is 24.0 Å². The topological polar surface area (TPSA) is 54.9 Å². The van der Waals surface area contributed by atoms with Crippen LogP contribution in [0.15, 0.2) is 4.99 Å². The normalized spacial score (nSPS) is 12.6. The van der Waals surface area contributed by atoms with E-state index in [0.29, 0.717) is 19.3 Å². The van der Waals surface area contributed by atoms with Crippen LogP contribution in [0.3, 0.4) is 0 Å². The number of methoxy groups -OCH3 is 1. The number of nitrogens with one attached hydrogen (secondary N) is 2. The summed E-state index contributed by atoms with van der Waals surface area (Å²) in [5, 5.41) is 6.79. The number of halogens is 1. The Bertz CT molecular complexity index is 266. The highest BCUT2D eigenvalue weighted by Crippen LogP contribution is 2.05. The number of hydrogen-bond acceptors (Lipinski definition) is 3. The molecule has 0 spiro atoms. The van der Waals surface area contributed by atoms with E-state index >= 15 is 0 Å². The van der Waals surface area contributed by atoms with Crippen LogP contribution in [0, 0.1) is 0 Å². The molecule has 0 aliphatic carbocycles. The Labute approximate surface area is 160 Å². The summed E-state index contributed by atoms with van der Waals surface area (Å²) in [6, 6.07) is 0.465. The summed E-state index contributed by atoms with van der Waals surface area (Å²) >= 11 is 0. The van der Waals surface area contributed by atoms with Crippen molar-refractivity contribution in [3.63, 3.8) is 0 Å². The van der Waals surface area contributed by atoms with Gasteiger partial charge < -0.3 is 20.1 Å². The number of rotatable bonds is 14. The second kappa shape index (κ2) is 20.0. The van der Waals surface area contributed by atoms with Crippen molar-refractivity contribution >= 4 is 29.9 Å². The maximum Gasteiger partial charge on any atom is 0.191 e. The van der Waals surface area contributed by atoms with Crippen molar-refractivity contribution in [1.29, 1.82) is 0 Å². The van der Waals surface area contributed by atoms with Crippen LogP contribution in [0.25, 0.3) is 0 Å². The molecule has 0 aromatic rings. The van der Waals surface area contributed by atoms with Gasteiger partial charge in [0.1, 0.15) is 0 Å². The minimum atomic E-state index is 0. The molecule has 0 aromatic carbocycles. The zero-order chi connectivity index (χ0) is 16.5. The van der Waals surface area contributed by atoms with Crippen LogP contribution in [-0.4, -0.2) is 52.0 Å². The summed E-state index contributed by atoms with van der Waals surface area (Å²) in [5.41, 5.74) is 0. The first-order valence-corrected chi connectivity index (χ1v) is 8.86. The fourth-order valence-corrected chi connectivity index (χ4v) is 2.10. The van der Waals surface area contributed by atoms with Gasteiger partial charge >= 0.3 is 0 Å². The van der Waals surface area contributed by atoms with Crippen molar-refractivity contribution in [2.45, 2.75) is 65.3 Å². The molecule has 0 rings (SSSR count). The Morgan fingerprint density at radius 1 is 1.04 bits per heavy atom. The van der Waals surface area contributed by atoms with Crippen LogP contribution in [0.5, 0.6) is 0 Å². The van der Waals surface area contributed by atoms with Gasteiger partial charge in [0, 0.05) is 32.8 Å². The lowest BCUT2D eigenvalue weighted by molar-refractivity contribution is 0.0702. The number of nitrogens with zero attached hydrogens (tertiary/aromatic N) is 1. The van der Waals surface area contributed by atoms with Crippen molar-refractivity contribution in [3.8, 4) is 0 Å². The molecule has 6 heteroatoms. The molecule has 23 heavy (non-hydrogen) atoms.